The number of rotatable bonds is 9. The van der Waals surface area contributed by atoms with E-state index in [1.807, 2.05) is 0 Å². The molecule has 2 amide bonds. The van der Waals surface area contributed by atoms with Gasteiger partial charge in [-0.25, -0.2) is 18.0 Å². The molecular formula is C27H23ClF7N3O2. The molecule has 4 rings (SSSR count). The number of benzene rings is 2. The van der Waals surface area contributed by atoms with Crippen molar-refractivity contribution < 1.29 is 40.3 Å². The summed E-state index contributed by atoms with van der Waals surface area (Å²) >= 11 is 6.00. The number of amides is 2. The average Bonchev–Trinajstić information content (AvgIpc) is 3.21. The molecule has 1 heterocycles. The number of hydrogen-bond acceptors (Lipinski definition) is 3. The second kappa shape index (κ2) is 11.5. The highest BCUT2D eigenvalue weighted by molar-refractivity contribution is 6.30. The fraction of sp³-hybridized carbons (Fsp3) is 0.333. The summed E-state index contributed by atoms with van der Waals surface area (Å²) in [7, 11) is 0. The van der Waals surface area contributed by atoms with Gasteiger partial charge in [0.25, 0.3) is 0 Å². The molecule has 0 aliphatic heterocycles. The Balaban J connectivity index is 1.84. The van der Waals surface area contributed by atoms with Crippen LogP contribution < -0.4 is 15.4 Å². The Morgan fingerprint density at radius 2 is 1.85 bits per heavy atom. The standard InChI is InChI=1S/C27H23ClF7N3O2/c28-18-6-7-22(36-15-18)26(13-16-4-2-1-3-5-16,38-24(39)37-20-8-9-25(32,33)14-20)17-10-19(29)12-21(11-17)40-27(34,35)23(30)31/h1-7,10-12,15,20,23H,8-9,13-14H2,(H2,37,38,39)/t20-,26?/m1/s1. The van der Waals surface area contributed by atoms with E-state index in [9.17, 15) is 35.5 Å². The molecule has 13 heteroatoms. The van der Waals surface area contributed by atoms with Gasteiger partial charge in [-0.1, -0.05) is 41.9 Å². The highest BCUT2D eigenvalue weighted by Gasteiger charge is 2.45. The van der Waals surface area contributed by atoms with E-state index in [0.29, 0.717) is 11.6 Å². The fourth-order valence-corrected chi connectivity index (χ4v) is 4.72. The van der Waals surface area contributed by atoms with Crippen molar-refractivity contribution in [1.29, 1.82) is 0 Å². The van der Waals surface area contributed by atoms with Crippen LogP contribution in [-0.2, 0) is 12.0 Å². The molecule has 214 valence electrons. The van der Waals surface area contributed by atoms with E-state index in [4.69, 9.17) is 11.6 Å². The second-order valence-corrected chi connectivity index (χ2v) is 9.90. The third-order valence-electron chi connectivity index (χ3n) is 6.41. The van der Waals surface area contributed by atoms with Gasteiger partial charge >= 0.3 is 18.6 Å². The van der Waals surface area contributed by atoms with Crippen LogP contribution in [-0.4, -0.2) is 35.5 Å². The summed E-state index contributed by atoms with van der Waals surface area (Å²) in [5.41, 5.74) is -1.41. The molecule has 2 N–H and O–H groups in total. The van der Waals surface area contributed by atoms with Crippen LogP contribution in [0.15, 0.2) is 66.9 Å². The Kier molecular flexibility index (Phi) is 8.48. The minimum atomic E-state index is -4.94. The summed E-state index contributed by atoms with van der Waals surface area (Å²) in [6.07, 6.45) is -9.07. The van der Waals surface area contributed by atoms with E-state index in [-0.39, 0.29) is 29.1 Å². The molecule has 0 spiro atoms. The van der Waals surface area contributed by atoms with Crippen LogP contribution in [0.4, 0.5) is 35.5 Å². The van der Waals surface area contributed by atoms with E-state index in [0.717, 1.165) is 12.1 Å². The Morgan fingerprint density at radius 3 is 2.45 bits per heavy atom. The zero-order chi connectivity index (χ0) is 29.1. The quantitative estimate of drug-likeness (QED) is 0.262. The van der Waals surface area contributed by atoms with E-state index in [1.165, 1.54) is 18.3 Å². The smallest absolute Gasteiger partial charge is 0.428 e. The molecule has 1 fully saturated rings. The number of hydrogen-bond donors (Lipinski definition) is 2. The molecule has 3 aromatic rings. The van der Waals surface area contributed by atoms with E-state index in [2.05, 4.69) is 20.4 Å². The van der Waals surface area contributed by atoms with Crippen molar-refractivity contribution in [3.8, 4) is 5.75 Å². The number of carbonyl (C=O) groups is 1. The van der Waals surface area contributed by atoms with Crippen LogP contribution >= 0.6 is 11.6 Å². The molecule has 40 heavy (non-hydrogen) atoms. The average molecular weight is 590 g/mol. The number of aromatic nitrogens is 1. The maximum absolute atomic E-state index is 14.8. The predicted molar refractivity (Wildman–Crippen MR) is 132 cm³/mol. The number of alkyl halides is 6. The second-order valence-electron chi connectivity index (χ2n) is 9.46. The number of urea groups is 1. The van der Waals surface area contributed by atoms with Crippen molar-refractivity contribution in [3.05, 3.63) is 94.5 Å². The molecule has 1 aromatic heterocycles. The Morgan fingerprint density at radius 1 is 1.12 bits per heavy atom. The summed E-state index contributed by atoms with van der Waals surface area (Å²) in [5.74, 6) is -5.03. The molecule has 1 saturated carbocycles. The maximum Gasteiger partial charge on any atom is 0.461 e. The minimum Gasteiger partial charge on any atom is -0.428 e. The monoisotopic (exact) mass is 589 g/mol. The van der Waals surface area contributed by atoms with Gasteiger partial charge in [-0.3, -0.25) is 4.98 Å². The number of carbonyl (C=O) groups excluding carboxylic acids is 1. The number of halogens is 8. The zero-order valence-electron chi connectivity index (χ0n) is 20.6. The van der Waals surface area contributed by atoms with Crippen molar-refractivity contribution in [2.75, 3.05) is 0 Å². The minimum absolute atomic E-state index is 0.00592. The molecule has 1 aliphatic carbocycles. The highest BCUT2D eigenvalue weighted by Crippen LogP contribution is 2.38. The van der Waals surface area contributed by atoms with Gasteiger partial charge in [0.15, 0.2) is 0 Å². The summed E-state index contributed by atoms with van der Waals surface area (Å²) in [6.45, 7) is 0. The van der Waals surface area contributed by atoms with Gasteiger partial charge < -0.3 is 15.4 Å². The third kappa shape index (κ3) is 6.96. The molecule has 1 unspecified atom stereocenters. The van der Waals surface area contributed by atoms with Crippen molar-refractivity contribution >= 4 is 17.6 Å². The first-order chi connectivity index (χ1) is 18.8. The lowest BCUT2D eigenvalue weighted by Crippen LogP contribution is -2.54. The third-order valence-corrected chi connectivity index (χ3v) is 6.64. The molecular weight excluding hydrogens is 567 g/mol. The first kappa shape index (κ1) is 29.4. The number of nitrogens with zero attached hydrogens (tertiary/aromatic N) is 1. The van der Waals surface area contributed by atoms with Gasteiger partial charge in [0.2, 0.25) is 5.92 Å². The van der Waals surface area contributed by atoms with Gasteiger partial charge in [0.05, 0.1) is 10.7 Å². The van der Waals surface area contributed by atoms with Crippen LogP contribution in [0.5, 0.6) is 5.75 Å². The van der Waals surface area contributed by atoms with E-state index < -0.39 is 60.5 Å². The summed E-state index contributed by atoms with van der Waals surface area (Å²) in [6, 6.07) is 11.7. The Bertz CT molecular complexity index is 1330. The summed E-state index contributed by atoms with van der Waals surface area (Å²) in [5, 5.41) is 5.35. The van der Waals surface area contributed by atoms with Crippen LogP contribution in [0.25, 0.3) is 0 Å². The van der Waals surface area contributed by atoms with Gasteiger partial charge in [-0.2, -0.15) is 17.6 Å². The molecule has 0 saturated heterocycles. The van der Waals surface area contributed by atoms with Crippen molar-refractivity contribution in [2.45, 2.75) is 55.7 Å². The van der Waals surface area contributed by atoms with Gasteiger partial charge in [-0.15, -0.1) is 0 Å². The Labute approximate surface area is 229 Å². The predicted octanol–water partition coefficient (Wildman–Crippen LogP) is 7.08. The van der Waals surface area contributed by atoms with Crippen molar-refractivity contribution in [1.82, 2.24) is 15.6 Å². The van der Waals surface area contributed by atoms with E-state index in [1.54, 1.807) is 30.3 Å². The van der Waals surface area contributed by atoms with E-state index >= 15 is 0 Å². The molecule has 1 aliphatic rings. The van der Waals surface area contributed by atoms with Crippen LogP contribution in [0.2, 0.25) is 5.02 Å². The first-order valence-electron chi connectivity index (χ1n) is 12.1. The first-order valence-corrected chi connectivity index (χ1v) is 12.4. The maximum atomic E-state index is 14.8. The molecule has 5 nitrogen and oxygen atoms in total. The molecule has 2 aromatic carbocycles. The lowest BCUT2D eigenvalue weighted by Gasteiger charge is -2.36. The number of ether oxygens (including phenoxy) is 1. The molecule has 2 atom stereocenters. The van der Waals surface area contributed by atoms with Crippen LogP contribution in [0, 0.1) is 5.82 Å². The van der Waals surface area contributed by atoms with Crippen LogP contribution in [0.1, 0.15) is 36.1 Å². The molecule has 0 radical (unpaired) electrons. The van der Waals surface area contributed by atoms with Gasteiger partial charge in [0.1, 0.15) is 17.1 Å². The fourth-order valence-electron chi connectivity index (χ4n) is 4.61. The SMILES string of the molecule is O=C(N[C@@H]1CCC(F)(F)C1)NC(Cc1ccccc1)(c1cc(F)cc(OC(F)(F)C(F)F)c1)c1ccc(Cl)cn1. The lowest BCUT2D eigenvalue weighted by atomic mass is 9.80. The van der Waals surface area contributed by atoms with Crippen LogP contribution in [0.3, 0.4) is 0 Å². The largest absolute Gasteiger partial charge is 0.461 e. The van der Waals surface area contributed by atoms with Gasteiger partial charge in [-0.05, 0) is 41.8 Å². The topological polar surface area (TPSA) is 63.2 Å². The number of nitrogens with one attached hydrogen (secondary N) is 2. The van der Waals surface area contributed by atoms with Crippen molar-refractivity contribution in [2.24, 2.45) is 0 Å². The molecule has 0 bridgehead atoms. The Hall–Kier alpha value is -3.54. The normalized spacial score (nSPS) is 18.3. The highest BCUT2D eigenvalue weighted by atomic mass is 35.5. The summed E-state index contributed by atoms with van der Waals surface area (Å²) < 4.78 is 99.6. The van der Waals surface area contributed by atoms with Crippen molar-refractivity contribution in [3.63, 3.8) is 0 Å². The van der Waals surface area contributed by atoms with Gasteiger partial charge in [0, 0.05) is 37.6 Å². The lowest BCUT2D eigenvalue weighted by molar-refractivity contribution is -0.253. The zero-order valence-corrected chi connectivity index (χ0v) is 21.4. The number of pyridine rings is 1. The summed E-state index contributed by atoms with van der Waals surface area (Å²) in [4.78, 5) is 17.5.